The van der Waals surface area contributed by atoms with Crippen molar-refractivity contribution in [3.63, 3.8) is 0 Å². The number of hydrogen-bond donors (Lipinski definition) is 1. The number of hydrogen-bond acceptors (Lipinski definition) is 2. The fourth-order valence-electron chi connectivity index (χ4n) is 2.69. The third kappa shape index (κ3) is 4.73. The lowest BCUT2D eigenvalue weighted by Gasteiger charge is -2.15. The van der Waals surface area contributed by atoms with E-state index >= 15 is 0 Å². The lowest BCUT2D eigenvalue weighted by Crippen LogP contribution is -2.26. The molecular formula is C23H23NO2. The molecule has 3 nitrogen and oxygen atoms in total. The zero-order valence-electron chi connectivity index (χ0n) is 15.1. The molecule has 0 radical (unpaired) electrons. The minimum atomic E-state index is -0.108. The third-order valence-corrected chi connectivity index (χ3v) is 4.27. The molecule has 3 aromatic rings. The zero-order valence-corrected chi connectivity index (χ0v) is 15.1. The summed E-state index contributed by atoms with van der Waals surface area (Å²) in [4.78, 5) is 12.6. The van der Waals surface area contributed by atoms with Crippen LogP contribution in [0.4, 0.5) is 0 Å². The van der Waals surface area contributed by atoms with Crippen molar-refractivity contribution < 1.29 is 9.53 Å². The van der Waals surface area contributed by atoms with Gasteiger partial charge in [0.2, 0.25) is 0 Å². The molecule has 132 valence electrons. The molecule has 0 aliphatic rings. The van der Waals surface area contributed by atoms with Gasteiger partial charge in [0, 0.05) is 5.56 Å². The number of ether oxygens (including phenoxy) is 1. The molecule has 3 rings (SSSR count). The highest BCUT2D eigenvalue weighted by atomic mass is 16.5. The van der Waals surface area contributed by atoms with Crippen LogP contribution in [0.3, 0.4) is 0 Å². The van der Waals surface area contributed by atoms with E-state index in [4.69, 9.17) is 4.74 Å². The molecule has 0 aliphatic carbocycles. The van der Waals surface area contributed by atoms with E-state index in [0.717, 1.165) is 11.1 Å². The van der Waals surface area contributed by atoms with E-state index in [-0.39, 0.29) is 11.9 Å². The SMILES string of the molecule is Cc1ccc([C@@H](C)NC(=O)c2cccc(OCc3ccccc3)c2)cc1. The minimum Gasteiger partial charge on any atom is -0.489 e. The third-order valence-electron chi connectivity index (χ3n) is 4.27. The molecule has 0 bridgehead atoms. The van der Waals surface area contributed by atoms with Crippen molar-refractivity contribution in [3.8, 4) is 5.75 Å². The highest BCUT2D eigenvalue weighted by molar-refractivity contribution is 5.94. The van der Waals surface area contributed by atoms with E-state index in [1.165, 1.54) is 5.56 Å². The van der Waals surface area contributed by atoms with E-state index in [1.54, 1.807) is 12.1 Å². The predicted molar refractivity (Wildman–Crippen MR) is 104 cm³/mol. The number of benzene rings is 3. The first-order valence-electron chi connectivity index (χ1n) is 8.76. The van der Waals surface area contributed by atoms with Crippen molar-refractivity contribution in [2.24, 2.45) is 0 Å². The van der Waals surface area contributed by atoms with Gasteiger partial charge in [-0.25, -0.2) is 0 Å². The molecule has 0 saturated carbocycles. The largest absolute Gasteiger partial charge is 0.489 e. The summed E-state index contributed by atoms with van der Waals surface area (Å²) in [6.45, 7) is 4.51. The maximum Gasteiger partial charge on any atom is 0.251 e. The van der Waals surface area contributed by atoms with Gasteiger partial charge < -0.3 is 10.1 Å². The smallest absolute Gasteiger partial charge is 0.251 e. The van der Waals surface area contributed by atoms with Crippen LogP contribution >= 0.6 is 0 Å². The summed E-state index contributed by atoms with van der Waals surface area (Å²) in [6.07, 6.45) is 0. The Bertz CT molecular complexity index is 857. The maximum absolute atomic E-state index is 12.6. The molecule has 26 heavy (non-hydrogen) atoms. The van der Waals surface area contributed by atoms with Crippen molar-refractivity contribution in [1.29, 1.82) is 0 Å². The second-order valence-electron chi connectivity index (χ2n) is 6.41. The average molecular weight is 345 g/mol. The van der Waals surface area contributed by atoms with Crippen LogP contribution in [0.25, 0.3) is 0 Å². The van der Waals surface area contributed by atoms with Crippen LogP contribution in [-0.2, 0) is 6.61 Å². The Morgan fingerprint density at radius 1 is 0.962 bits per heavy atom. The molecule has 0 heterocycles. The lowest BCUT2D eigenvalue weighted by atomic mass is 10.1. The van der Waals surface area contributed by atoms with Gasteiger partial charge in [0.25, 0.3) is 5.91 Å². The zero-order chi connectivity index (χ0) is 18.4. The summed E-state index contributed by atoms with van der Waals surface area (Å²) >= 11 is 0. The van der Waals surface area contributed by atoms with Crippen LogP contribution in [0.2, 0.25) is 0 Å². The van der Waals surface area contributed by atoms with Crippen LogP contribution in [-0.4, -0.2) is 5.91 Å². The van der Waals surface area contributed by atoms with E-state index in [2.05, 4.69) is 17.4 Å². The Balaban J connectivity index is 1.63. The quantitative estimate of drug-likeness (QED) is 0.678. The Kier molecular flexibility index (Phi) is 5.69. The molecule has 3 aromatic carbocycles. The van der Waals surface area contributed by atoms with Crippen LogP contribution in [0.5, 0.6) is 5.75 Å². The molecule has 0 spiro atoms. The molecule has 1 amide bonds. The highest BCUT2D eigenvalue weighted by Gasteiger charge is 2.12. The summed E-state index contributed by atoms with van der Waals surface area (Å²) < 4.78 is 5.81. The van der Waals surface area contributed by atoms with Crippen LogP contribution < -0.4 is 10.1 Å². The Morgan fingerprint density at radius 3 is 2.42 bits per heavy atom. The van der Waals surface area contributed by atoms with Gasteiger partial charge in [0.15, 0.2) is 0 Å². The monoisotopic (exact) mass is 345 g/mol. The summed E-state index contributed by atoms with van der Waals surface area (Å²) in [5.41, 5.74) is 3.97. The summed E-state index contributed by atoms with van der Waals surface area (Å²) in [7, 11) is 0. The minimum absolute atomic E-state index is 0.0583. The van der Waals surface area contributed by atoms with E-state index in [9.17, 15) is 4.79 Å². The van der Waals surface area contributed by atoms with E-state index in [1.807, 2.05) is 68.4 Å². The van der Waals surface area contributed by atoms with Gasteiger partial charge in [-0.15, -0.1) is 0 Å². The van der Waals surface area contributed by atoms with Crippen molar-refractivity contribution in [1.82, 2.24) is 5.32 Å². The maximum atomic E-state index is 12.6. The van der Waals surface area contributed by atoms with Crippen molar-refractivity contribution in [2.45, 2.75) is 26.5 Å². The molecule has 3 heteroatoms. The first kappa shape index (κ1) is 17.7. The first-order valence-corrected chi connectivity index (χ1v) is 8.76. The highest BCUT2D eigenvalue weighted by Crippen LogP contribution is 2.18. The number of carbonyl (C=O) groups is 1. The van der Waals surface area contributed by atoms with Crippen molar-refractivity contribution >= 4 is 5.91 Å². The fraction of sp³-hybridized carbons (Fsp3) is 0.174. The van der Waals surface area contributed by atoms with Crippen LogP contribution in [0, 0.1) is 6.92 Å². The Hall–Kier alpha value is -3.07. The molecule has 0 fully saturated rings. The van der Waals surface area contributed by atoms with Gasteiger partial charge in [-0.05, 0) is 43.2 Å². The molecule has 0 aliphatic heterocycles. The molecule has 1 atom stereocenters. The molecular weight excluding hydrogens is 322 g/mol. The second kappa shape index (κ2) is 8.34. The fourth-order valence-corrected chi connectivity index (χ4v) is 2.69. The van der Waals surface area contributed by atoms with Crippen molar-refractivity contribution in [2.75, 3.05) is 0 Å². The normalized spacial score (nSPS) is 11.6. The number of rotatable bonds is 6. The van der Waals surface area contributed by atoms with Gasteiger partial charge in [0.05, 0.1) is 6.04 Å². The number of nitrogens with one attached hydrogen (secondary N) is 1. The summed E-state index contributed by atoms with van der Waals surface area (Å²) in [5, 5.41) is 3.04. The first-order chi connectivity index (χ1) is 12.6. The van der Waals surface area contributed by atoms with Crippen LogP contribution in [0.15, 0.2) is 78.9 Å². The number of carbonyl (C=O) groups excluding carboxylic acids is 1. The summed E-state index contributed by atoms with van der Waals surface area (Å²) in [6, 6.07) is 25.4. The van der Waals surface area contributed by atoms with Gasteiger partial charge in [-0.2, -0.15) is 0 Å². The van der Waals surface area contributed by atoms with Crippen LogP contribution in [0.1, 0.15) is 40.0 Å². The van der Waals surface area contributed by atoms with Gasteiger partial charge in [-0.3, -0.25) is 4.79 Å². The standard InChI is InChI=1S/C23H23NO2/c1-17-11-13-20(14-12-17)18(2)24-23(25)21-9-6-10-22(15-21)26-16-19-7-4-3-5-8-19/h3-15,18H,16H2,1-2H3,(H,24,25)/t18-/m1/s1. The van der Waals surface area contributed by atoms with Crippen molar-refractivity contribution in [3.05, 3.63) is 101 Å². The molecule has 0 saturated heterocycles. The lowest BCUT2D eigenvalue weighted by molar-refractivity contribution is 0.0939. The Labute approximate surface area is 154 Å². The predicted octanol–water partition coefficient (Wildman–Crippen LogP) is 5.07. The van der Waals surface area contributed by atoms with Gasteiger partial charge in [0.1, 0.15) is 12.4 Å². The topological polar surface area (TPSA) is 38.3 Å². The van der Waals surface area contributed by atoms with E-state index < -0.39 is 0 Å². The second-order valence-corrected chi connectivity index (χ2v) is 6.41. The van der Waals surface area contributed by atoms with Gasteiger partial charge in [-0.1, -0.05) is 66.2 Å². The van der Waals surface area contributed by atoms with E-state index in [0.29, 0.717) is 17.9 Å². The average Bonchev–Trinajstić information content (AvgIpc) is 2.68. The molecule has 0 aromatic heterocycles. The Morgan fingerprint density at radius 2 is 1.69 bits per heavy atom. The molecule has 1 N–H and O–H groups in total. The van der Waals surface area contributed by atoms with Gasteiger partial charge >= 0.3 is 0 Å². The summed E-state index contributed by atoms with van der Waals surface area (Å²) in [5.74, 6) is 0.577. The number of aryl methyl sites for hydroxylation is 1. The molecule has 0 unspecified atom stereocenters. The number of amides is 1.